The molecule has 7 heteroatoms. The fourth-order valence-corrected chi connectivity index (χ4v) is 5.73. The maximum Gasteiger partial charge on any atom is 0.226 e. The number of nitrogens with zero attached hydrogens (tertiary/aromatic N) is 1. The number of hydrogen-bond donors (Lipinski definition) is 1. The van der Waals surface area contributed by atoms with Crippen molar-refractivity contribution >= 4 is 17.3 Å². The van der Waals surface area contributed by atoms with Crippen molar-refractivity contribution in [3.63, 3.8) is 0 Å². The highest BCUT2D eigenvalue weighted by molar-refractivity contribution is 7.90. The molecule has 3 aliphatic rings. The first-order chi connectivity index (χ1) is 14.5. The van der Waals surface area contributed by atoms with Crippen LogP contribution >= 0.6 is 0 Å². The Balaban J connectivity index is 1.28. The van der Waals surface area contributed by atoms with Crippen molar-refractivity contribution in [1.29, 1.82) is 0 Å². The Bertz CT molecular complexity index is 948. The molecule has 4 nitrogen and oxygen atoms in total. The molecule has 1 amide bonds. The summed E-state index contributed by atoms with van der Waals surface area (Å²) in [4.78, 5) is 14.9. The summed E-state index contributed by atoms with van der Waals surface area (Å²) in [7, 11) is 0. The van der Waals surface area contributed by atoms with Crippen LogP contribution in [0.25, 0.3) is 11.1 Å². The molecule has 158 valence electrons. The van der Waals surface area contributed by atoms with Crippen LogP contribution < -0.4 is 4.72 Å². The van der Waals surface area contributed by atoms with Crippen LogP contribution in [0.5, 0.6) is 0 Å². The molecule has 2 aliphatic carbocycles. The molecule has 0 spiro atoms. The molecule has 0 bridgehead atoms. The van der Waals surface area contributed by atoms with Crippen LogP contribution in [0.3, 0.4) is 0 Å². The molecular weight excluding hydrogens is 406 g/mol. The Morgan fingerprint density at radius 2 is 1.80 bits per heavy atom. The quantitative estimate of drug-likeness (QED) is 0.710. The van der Waals surface area contributed by atoms with E-state index >= 15 is 0 Å². The third-order valence-corrected chi connectivity index (χ3v) is 7.95. The SMILES string of the molecule is O=C(C1CC1c1ccccc1-c1c(F)cccc1F)N1CCC(N[S+]([O-])C2CC2)C1. The van der Waals surface area contributed by atoms with E-state index in [4.69, 9.17) is 0 Å². The van der Waals surface area contributed by atoms with E-state index < -0.39 is 23.0 Å². The van der Waals surface area contributed by atoms with Gasteiger partial charge in [-0.3, -0.25) is 4.79 Å². The van der Waals surface area contributed by atoms with Gasteiger partial charge in [0, 0.05) is 43.2 Å². The predicted molar refractivity (Wildman–Crippen MR) is 112 cm³/mol. The Morgan fingerprint density at radius 3 is 2.53 bits per heavy atom. The summed E-state index contributed by atoms with van der Waals surface area (Å²) in [5, 5.41) is 0.276. The van der Waals surface area contributed by atoms with E-state index in [0.29, 0.717) is 25.1 Å². The van der Waals surface area contributed by atoms with Crippen LogP contribution in [0.4, 0.5) is 8.78 Å². The zero-order valence-corrected chi connectivity index (χ0v) is 17.3. The minimum Gasteiger partial charge on any atom is -0.598 e. The highest BCUT2D eigenvalue weighted by Crippen LogP contribution is 2.51. The predicted octanol–water partition coefficient (Wildman–Crippen LogP) is 3.75. The summed E-state index contributed by atoms with van der Waals surface area (Å²) < 4.78 is 44.0. The molecule has 1 aliphatic heterocycles. The van der Waals surface area contributed by atoms with Crippen molar-refractivity contribution in [2.45, 2.75) is 42.9 Å². The Labute approximate surface area is 178 Å². The van der Waals surface area contributed by atoms with Gasteiger partial charge in [-0.1, -0.05) is 30.3 Å². The number of carbonyl (C=O) groups excluding carboxylic acids is 1. The van der Waals surface area contributed by atoms with E-state index in [0.717, 1.165) is 24.8 Å². The van der Waals surface area contributed by atoms with Crippen LogP contribution in [0.1, 0.15) is 37.2 Å². The van der Waals surface area contributed by atoms with Crippen molar-refractivity contribution in [2.75, 3.05) is 13.1 Å². The molecule has 0 radical (unpaired) electrons. The van der Waals surface area contributed by atoms with E-state index in [1.54, 1.807) is 12.1 Å². The largest absolute Gasteiger partial charge is 0.598 e. The zero-order valence-electron chi connectivity index (χ0n) is 16.5. The van der Waals surface area contributed by atoms with Crippen molar-refractivity contribution in [1.82, 2.24) is 9.62 Å². The van der Waals surface area contributed by atoms with Crippen LogP contribution in [0.15, 0.2) is 42.5 Å². The summed E-state index contributed by atoms with van der Waals surface area (Å²) in [6.45, 7) is 1.23. The summed E-state index contributed by atoms with van der Waals surface area (Å²) in [6, 6.07) is 11.1. The first kappa shape index (κ1) is 20.0. The van der Waals surface area contributed by atoms with Gasteiger partial charge in [-0.2, -0.15) is 0 Å². The molecule has 0 aromatic heterocycles. The maximum absolute atomic E-state index is 14.4. The van der Waals surface area contributed by atoms with Gasteiger partial charge in [-0.05, 0) is 42.0 Å². The van der Waals surface area contributed by atoms with Gasteiger partial charge < -0.3 is 9.45 Å². The summed E-state index contributed by atoms with van der Waals surface area (Å²) in [5.74, 6) is -1.29. The smallest absolute Gasteiger partial charge is 0.226 e. The topological polar surface area (TPSA) is 55.4 Å². The molecule has 1 N–H and O–H groups in total. The Kier molecular flexibility index (Phi) is 5.29. The van der Waals surface area contributed by atoms with Crippen molar-refractivity contribution in [2.24, 2.45) is 5.92 Å². The van der Waals surface area contributed by atoms with E-state index in [1.165, 1.54) is 18.2 Å². The second kappa shape index (κ2) is 7.94. The van der Waals surface area contributed by atoms with Crippen LogP contribution in [0.2, 0.25) is 0 Å². The summed E-state index contributed by atoms with van der Waals surface area (Å²) >= 11 is -0.998. The van der Waals surface area contributed by atoms with E-state index in [9.17, 15) is 18.1 Å². The maximum atomic E-state index is 14.4. The van der Waals surface area contributed by atoms with Gasteiger partial charge in [0.15, 0.2) is 0 Å². The molecule has 30 heavy (non-hydrogen) atoms. The Morgan fingerprint density at radius 1 is 1.07 bits per heavy atom. The van der Waals surface area contributed by atoms with Crippen molar-refractivity contribution in [3.8, 4) is 11.1 Å². The average molecular weight is 431 g/mol. The molecule has 4 unspecified atom stereocenters. The molecule has 3 fully saturated rings. The number of likely N-dealkylation sites (tertiary alicyclic amines) is 1. The first-order valence-corrected chi connectivity index (χ1v) is 11.7. The number of hydrogen-bond acceptors (Lipinski definition) is 3. The van der Waals surface area contributed by atoms with Crippen LogP contribution in [0, 0.1) is 17.6 Å². The zero-order chi connectivity index (χ0) is 20.8. The molecule has 2 aromatic rings. The lowest BCUT2D eigenvalue weighted by Crippen LogP contribution is -2.40. The molecule has 2 aromatic carbocycles. The number of nitrogens with one attached hydrogen (secondary N) is 1. The minimum atomic E-state index is -0.998. The van der Waals surface area contributed by atoms with Crippen molar-refractivity contribution in [3.05, 3.63) is 59.7 Å². The fraction of sp³-hybridized carbons (Fsp3) is 0.435. The second-order valence-electron chi connectivity index (χ2n) is 8.52. The highest BCUT2D eigenvalue weighted by atomic mass is 32.2. The molecule has 1 heterocycles. The van der Waals surface area contributed by atoms with E-state index in [-0.39, 0.29) is 34.6 Å². The minimum absolute atomic E-state index is 0.0275. The lowest BCUT2D eigenvalue weighted by molar-refractivity contribution is -0.131. The normalized spacial score (nSPS) is 26.6. The van der Waals surface area contributed by atoms with Crippen LogP contribution in [-0.2, 0) is 16.2 Å². The summed E-state index contributed by atoms with van der Waals surface area (Å²) in [6.07, 6.45) is 3.52. The number of amides is 1. The average Bonchev–Trinajstić information content (AvgIpc) is 3.65. The molecule has 1 saturated heterocycles. The summed E-state index contributed by atoms with van der Waals surface area (Å²) in [5.41, 5.74) is 1.32. The number of benzene rings is 2. The van der Waals surface area contributed by atoms with Gasteiger partial charge in [0.05, 0.1) is 11.6 Å². The van der Waals surface area contributed by atoms with Gasteiger partial charge in [0.2, 0.25) is 5.91 Å². The standard InChI is InChI=1S/C23H24F2N2O2S/c24-20-6-3-7-21(25)22(20)17-5-2-1-4-16(17)18-12-19(18)23(28)27-11-10-14(13-27)26-30(29)15-8-9-15/h1-7,14-15,18-19,26H,8-13H2. The lowest BCUT2D eigenvalue weighted by atomic mass is 9.95. The molecular formula is C23H24F2N2O2S. The van der Waals surface area contributed by atoms with Gasteiger partial charge in [-0.15, -0.1) is 4.72 Å². The van der Waals surface area contributed by atoms with Gasteiger partial charge >= 0.3 is 0 Å². The number of carbonyl (C=O) groups is 1. The third-order valence-electron chi connectivity index (χ3n) is 6.31. The molecule has 5 rings (SSSR count). The van der Waals surface area contributed by atoms with Crippen LogP contribution in [-0.4, -0.2) is 39.7 Å². The van der Waals surface area contributed by atoms with Gasteiger partial charge in [0.1, 0.15) is 16.9 Å². The van der Waals surface area contributed by atoms with Gasteiger partial charge in [-0.25, -0.2) is 8.78 Å². The number of halogens is 2. The van der Waals surface area contributed by atoms with E-state index in [1.807, 2.05) is 17.0 Å². The fourth-order valence-electron chi connectivity index (χ4n) is 4.45. The molecule has 2 saturated carbocycles. The molecule has 4 atom stereocenters. The lowest BCUT2D eigenvalue weighted by Gasteiger charge is -2.18. The van der Waals surface area contributed by atoms with Gasteiger partial charge in [0.25, 0.3) is 0 Å². The third kappa shape index (κ3) is 3.86. The second-order valence-corrected chi connectivity index (χ2v) is 10.0. The first-order valence-electron chi connectivity index (χ1n) is 10.5. The van der Waals surface area contributed by atoms with Crippen molar-refractivity contribution < 1.29 is 18.1 Å². The Hall–Kier alpha value is -1.96. The monoisotopic (exact) mass is 430 g/mol. The number of rotatable bonds is 6. The highest BCUT2D eigenvalue weighted by Gasteiger charge is 2.48. The van der Waals surface area contributed by atoms with E-state index in [2.05, 4.69) is 4.72 Å².